The first-order valence-electron chi connectivity index (χ1n) is 4.77. The Morgan fingerprint density at radius 2 is 2.20 bits per heavy atom. The maximum atomic E-state index is 5.89. The number of hydrogen-bond donors (Lipinski definition) is 1. The zero-order chi connectivity index (χ0) is 10.7. The topological polar surface area (TPSA) is 12.0 Å². The molecule has 78 valence electrons. The first-order chi connectivity index (χ1) is 7.25. The van der Waals surface area contributed by atoms with Crippen molar-refractivity contribution < 1.29 is 0 Å². The molecule has 0 saturated carbocycles. The molecule has 1 heterocycles. The summed E-state index contributed by atoms with van der Waals surface area (Å²) in [6.45, 7) is 2.92. The van der Waals surface area contributed by atoms with Crippen LogP contribution in [0.2, 0.25) is 5.02 Å². The van der Waals surface area contributed by atoms with E-state index in [1.165, 1.54) is 11.1 Å². The van der Waals surface area contributed by atoms with E-state index in [1.54, 1.807) is 11.3 Å². The summed E-state index contributed by atoms with van der Waals surface area (Å²) in [6.07, 6.45) is 0. The number of rotatable bonds is 3. The van der Waals surface area contributed by atoms with Crippen molar-refractivity contribution in [2.24, 2.45) is 0 Å². The highest BCUT2D eigenvalue weighted by Crippen LogP contribution is 2.20. The van der Waals surface area contributed by atoms with Crippen molar-refractivity contribution in [1.82, 2.24) is 0 Å². The SMILES string of the molecule is Cc1cc(Cl)ccc1NCc1ccsc1. The molecule has 1 N–H and O–H groups in total. The van der Waals surface area contributed by atoms with Gasteiger partial charge in [-0.15, -0.1) is 0 Å². The Hall–Kier alpha value is -0.990. The number of halogens is 1. The average Bonchev–Trinajstić information content (AvgIpc) is 2.69. The largest absolute Gasteiger partial charge is 0.381 e. The maximum absolute atomic E-state index is 5.89. The Labute approximate surface area is 98.7 Å². The molecule has 0 aliphatic heterocycles. The molecule has 2 aromatic rings. The van der Waals surface area contributed by atoms with Crippen LogP contribution in [0.5, 0.6) is 0 Å². The summed E-state index contributed by atoms with van der Waals surface area (Å²) < 4.78 is 0. The van der Waals surface area contributed by atoms with Crippen LogP contribution in [0.1, 0.15) is 11.1 Å². The lowest BCUT2D eigenvalue weighted by Gasteiger charge is -2.08. The van der Waals surface area contributed by atoms with E-state index in [0.717, 1.165) is 17.3 Å². The highest BCUT2D eigenvalue weighted by molar-refractivity contribution is 7.07. The first-order valence-corrected chi connectivity index (χ1v) is 6.09. The fourth-order valence-electron chi connectivity index (χ4n) is 1.42. The molecule has 1 nitrogen and oxygen atoms in total. The fraction of sp³-hybridized carbons (Fsp3) is 0.167. The molecular formula is C12H12ClNS. The smallest absolute Gasteiger partial charge is 0.0410 e. The fourth-order valence-corrected chi connectivity index (χ4v) is 2.31. The third-order valence-electron chi connectivity index (χ3n) is 2.25. The minimum absolute atomic E-state index is 0.786. The van der Waals surface area contributed by atoms with Crippen LogP contribution < -0.4 is 5.32 Å². The van der Waals surface area contributed by atoms with Gasteiger partial charge in [0.05, 0.1) is 0 Å². The third kappa shape index (κ3) is 2.74. The van der Waals surface area contributed by atoms with Gasteiger partial charge in [-0.2, -0.15) is 11.3 Å². The molecule has 3 heteroatoms. The standard InChI is InChI=1S/C12H12ClNS/c1-9-6-11(13)2-3-12(9)14-7-10-4-5-15-8-10/h2-6,8,14H,7H2,1H3. The lowest BCUT2D eigenvalue weighted by molar-refractivity contribution is 1.15. The van der Waals surface area contributed by atoms with Crippen LogP contribution in [-0.4, -0.2) is 0 Å². The maximum Gasteiger partial charge on any atom is 0.0410 e. The van der Waals surface area contributed by atoms with Crippen LogP contribution in [0.4, 0.5) is 5.69 Å². The summed E-state index contributed by atoms with van der Waals surface area (Å²) in [5, 5.41) is 8.42. The lowest BCUT2D eigenvalue weighted by Crippen LogP contribution is -1.99. The Morgan fingerprint density at radius 1 is 1.33 bits per heavy atom. The molecule has 0 unspecified atom stereocenters. The summed E-state index contributed by atoms with van der Waals surface area (Å²) in [5.41, 5.74) is 3.64. The van der Waals surface area contributed by atoms with Crippen LogP contribution in [-0.2, 0) is 6.54 Å². The molecule has 0 bridgehead atoms. The van der Waals surface area contributed by atoms with Gasteiger partial charge in [0.1, 0.15) is 0 Å². The predicted molar refractivity (Wildman–Crippen MR) is 67.8 cm³/mol. The van der Waals surface area contributed by atoms with E-state index < -0.39 is 0 Å². The van der Waals surface area contributed by atoms with E-state index in [1.807, 2.05) is 18.2 Å². The molecule has 0 aliphatic carbocycles. The van der Waals surface area contributed by atoms with E-state index >= 15 is 0 Å². The molecule has 0 spiro atoms. The summed E-state index contributed by atoms with van der Waals surface area (Å²) >= 11 is 7.61. The second kappa shape index (κ2) is 4.69. The Kier molecular flexibility index (Phi) is 3.29. The Morgan fingerprint density at radius 3 is 2.87 bits per heavy atom. The summed E-state index contributed by atoms with van der Waals surface area (Å²) in [5.74, 6) is 0. The van der Waals surface area contributed by atoms with Gasteiger partial charge in [0.25, 0.3) is 0 Å². The molecule has 1 aromatic heterocycles. The predicted octanol–water partition coefficient (Wildman–Crippen LogP) is 4.32. The van der Waals surface area contributed by atoms with Crippen LogP contribution in [0.25, 0.3) is 0 Å². The van der Waals surface area contributed by atoms with Crippen LogP contribution in [0.3, 0.4) is 0 Å². The van der Waals surface area contributed by atoms with Crippen molar-refractivity contribution in [2.75, 3.05) is 5.32 Å². The van der Waals surface area contributed by atoms with E-state index in [9.17, 15) is 0 Å². The minimum atomic E-state index is 0.786. The Bertz CT molecular complexity index is 437. The Balaban J connectivity index is 2.05. The van der Waals surface area contributed by atoms with E-state index in [0.29, 0.717) is 0 Å². The number of thiophene rings is 1. The monoisotopic (exact) mass is 237 g/mol. The molecule has 2 rings (SSSR count). The highest BCUT2D eigenvalue weighted by Gasteiger charge is 1.99. The third-order valence-corrected chi connectivity index (χ3v) is 3.22. The van der Waals surface area contributed by atoms with Crippen molar-refractivity contribution >= 4 is 28.6 Å². The average molecular weight is 238 g/mol. The summed E-state index contributed by atoms with van der Waals surface area (Å²) in [4.78, 5) is 0. The molecule has 0 saturated heterocycles. The summed E-state index contributed by atoms with van der Waals surface area (Å²) in [7, 11) is 0. The molecule has 15 heavy (non-hydrogen) atoms. The highest BCUT2D eigenvalue weighted by atomic mass is 35.5. The normalized spacial score (nSPS) is 10.3. The zero-order valence-corrected chi connectivity index (χ0v) is 10.0. The lowest BCUT2D eigenvalue weighted by atomic mass is 10.2. The molecule has 0 amide bonds. The van der Waals surface area contributed by atoms with Crippen molar-refractivity contribution in [1.29, 1.82) is 0 Å². The molecule has 0 aliphatic rings. The van der Waals surface area contributed by atoms with Gasteiger partial charge in [-0.1, -0.05) is 11.6 Å². The van der Waals surface area contributed by atoms with E-state index in [-0.39, 0.29) is 0 Å². The van der Waals surface area contributed by atoms with Gasteiger partial charge in [0, 0.05) is 17.3 Å². The van der Waals surface area contributed by atoms with Gasteiger partial charge < -0.3 is 5.32 Å². The van der Waals surface area contributed by atoms with Crippen LogP contribution >= 0.6 is 22.9 Å². The van der Waals surface area contributed by atoms with Crippen LogP contribution in [0, 0.1) is 6.92 Å². The zero-order valence-electron chi connectivity index (χ0n) is 8.46. The van der Waals surface area contributed by atoms with Gasteiger partial charge in [-0.25, -0.2) is 0 Å². The number of aryl methyl sites for hydroxylation is 1. The van der Waals surface area contributed by atoms with Crippen molar-refractivity contribution in [3.8, 4) is 0 Å². The van der Waals surface area contributed by atoms with Gasteiger partial charge in [-0.05, 0) is 53.1 Å². The van der Waals surface area contributed by atoms with Crippen molar-refractivity contribution in [2.45, 2.75) is 13.5 Å². The minimum Gasteiger partial charge on any atom is -0.381 e. The van der Waals surface area contributed by atoms with Gasteiger partial charge >= 0.3 is 0 Å². The van der Waals surface area contributed by atoms with Gasteiger partial charge in [0.15, 0.2) is 0 Å². The van der Waals surface area contributed by atoms with E-state index in [2.05, 4.69) is 29.1 Å². The molecule has 0 atom stereocenters. The second-order valence-electron chi connectivity index (χ2n) is 3.44. The first kappa shape index (κ1) is 10.5. The molecular weight excluding hydrogens is 226 g/mol. The summed E-state index contributed by atoms with van der Waals surface area (Å²) in [6, 6.07) is 8.02. The van der Waals surface area contributed by atoms with E-state index in [4.69, 9.17) is 11.6 Å². The number of hydrogen-bond acceptors (Lipinski definition) is 2. The molecule has 1 aromatic carbocycles. The number of anilines is 1. The molecule has 0 fully saturated rings. The second-order valence-corrected chi connectivity index (χ2v) is 4.66. The molecule has 0 radical (unpaired) electrons. The number of nitrogens with one attached hydrogen (secondary N) is 1. The quantitative estimate of drug-likeness (QED) is 0.838. The van der Waals surface area contributed by atoms with Crippen LogP contribution in [0.15, 0.2) is 35.0 Å². The number of benzene rings is 1. The van der Waals surface area contributed by atoms with Crippen molar-refractivity contribution in [3.05, 3.63) is 51.2 Å². The van der Waals surface area contributed by atoms with Gasteiger partial charge in [-0.3, -0.25) is 0 Å². The van der Waals surface area contributed by atoms with Gasteiger partial charge in [0.2, 0.25) is 0 Å². The van der Waals surface area contributed by atoms with Crippen molar-refractivity contribution in [3.63, 3.8) is 0 Å².